The molecule has 0 radical (unpaired) electrons. The summed E-state index contributed by atoms with van der Waals surface area (Å²) in [6.45, 7) is 0.683. The Bertz CT molecular complexity index is 1370. The Kier molecular flexibility index (Phi) is 6.69. The third kappa shape index (κ3) is 3.99. The molecule has 0 bridgehead atoms. The zero-order valence-corrected chi connectivity index (χ0v) is 20.9. The summed E-state index contributed by atoms with van der Waals surface area (Å²) in [5.41, 5.74) is -2.51. The molecule has 2 aromatic rings. The number of carbonyl (C=O) groups excluding carboxylic acids is 3. The van der Waals surface area contributed by atoms with Gasteiger partial charge in [-0.25, -0.2) is 4.90 Å². The van der Waals surface area contributed by atoms with Gasteiger partial charge in [-0.3, -0.25) is 24.6 Å². The summed E-state index contributed by atoms with van der Waals surface area (Å²) in [6.07, 6.45) is 0. The van der Waals surface area contributed by atoms with Crippen molar-refractivity contribution in [3.05, 3.63) is 64.7 Å². The minimum atomic E-state index is -4.20. The highest BCUT2D eigenvalue weighted by Gasteiger charge is 2.76. The first-order valence-corrected chi connectivity index (χ1v) is 12.3. The summed E-state index contributed by atoms with van der Waals surface area (Å²) in [4.78, 5) is 39.4. The van der Waals surface area contributed by atoms with E-state index in [0.29, 0.717) is 42.5 Å². The highest BCUT2D eigenvalue weighted by molar-refractivity contribution is 6.10. The number of piperidine rings is 1. The van der Waals surface area contributed by atoms with Gasteiger partial charge in [0.1, 0.15) is 0 Å². The molecule has 3 aliphatic rings. The number of nitrogens with zero attached hydrogens (tertiary/aromatic N) is 2. The van der Waals surface area contributed by atoms with Crippen LogP contribution in [0.2, 0.25) is 0 Å². The first-order valence-electron chi connectivity index (χ1n) is 12.3. The average molecular weight is 561 g/mol. The molecule has 2 fully saturated rings. The SMILES string of the molecule is O=C1c2cccc(NCc3ccccc3C(O)(O)N3CCOCC3)c2CN1C1(O)C(=O)NC(=O)C(O)(O)C1(O)O. The summed E-state index contributed by atoms with van der Waals surface area (Å²) in [5, 5.41) is 78.3. The highest BCUT2D eigenvalue weighted by Crippen LogP contribution is 2.42. The van der Waals surface area contributed by atoms with Crippen LogP contribution < -0.4 is 10.6 Å². The number of nitrogens with one attached hydrogen (secondary N) is 2. The van der Waals surface area contributed by atoms with Crippen LogP contribution in [0, 0.1) is 0 Å². The van der Waals surface area contributed by atoms with Crippen molar-refractivity contribution in [2.24, 2.45) is 0 Å². The maximum atomic E-state index is 13.2. The van der Waals surface area contributed by atoms with Gasteiger partial charge in [0.2, 0.25) is 0 Å². The quantitative estimate of drug-likeness (QED) is 0.123. The smallest absolute Gasteiger partial charge is 0.306 e. The molecule has 1 atom stereocenters. The summed E-state index contributed by atoms with van der Waals surface area (Å²) in [7, 11) is 0. The van der Waals surface area contributed by atoms with Crippen LogP contribution in [-0.4, -0.2) is 107 Å². The molecule has 2 saturated heterocycles. The number of benzene rings is 2. The number of morpholine rings is 1. The third-order valence-corrected chi connectivity index (χ3v) is 7.49. The van der Waals surface area contributed by atoms with Gasteiger partial charge in [-0.1, -0.05) is 30.3 Å². The van der Waals surface area contributed by atoms with Crippen LogP contribution in [0.3, 0.4) is 0 Å². The Morgan fingerprint density at radius 3 is 2.30 bits per heavy atom. The maximum Gasteiger partial charge on any atom is 0.306 e. The van der Waals surface area contributed by atoms with Crippen LogP contribution in [0.5, 0.6) is 0 Å². The van der Waals surface area contributed by atoms with Crippen molar-refractivity contribution in [3.8, 4) is 0 Å². The predicted octanol–water partition coefficient (Wildman–Crippen LogP) is -3.61. The Morgan fingerprint density at radius 1 is 0.925 bits per heavy atom. The van der Waals surface area contributed by atoms with E-state index in [9.17, 15) is 50.1 Å². The molecule has 2 aromatic carbocycles. The van der Waals surface area contributed by atoms with Crippen LogP contribution in [0.4, 0.5) is 5.69 Å². The average Bonchev–Trinajstić information content (AvgIpc) is 3.28. The molecular weight excluding hydrogens is 532 g/mol. The topological polar surface area (TPSA) is 233 Å². The number of imide groups is 1. The molecule has 0 aliphatic carbocycles. The Morgan fingerprint density at radius 2 is 1.60 bits per heavy atom. The summed E-state index contributed by atoms with van der Waals surface area (Å²) in [5.74, 6) is -15.3. The number of hydrogen-bond donors (Lipinski definition) is 9. The largest absolute Gasteiger partial charge is 0.381 e. The molecule has 5 rings (SSSR count). The lowest BCUT2D eigenvalue weighted by Gasteiger charge is -2.50. The van der Waals surface area contributed by atoms with Crippen LogP contribution in [0.15, 0.2) is 42.5 Å². The number of fused-ring (bicyclic) bond motifs is 1. The summed E-state index contributed by atoms with van der Waals surface area (Å²) >= 11 is 0. The van der Waals surface area contributed by atoms with E-state index >= 15 is 0 Å². The number of rotatable bonds is 6. The molecule has 0 saturated carbocycles. The van der Waals surface area contributed by atoms with Crippen molar-refractivity contribution in [2.45, 2.75) is 36.3 Å². The second-order valence-corrected chi connectivity index (χ2v) is 9.77. The molecular formula is C25H28N4O11. The van der Waals surface area contributed by atoms with Crippen molar-refractivity contribution >= 4 is 23.4 Å². The fourth-order valence-corrected chi connectivity index (χ4v) is 5.15. The lowest BCUT2D eigenvalue weighted by molar-refractivity contribution is -0.407. The van der Waals surface area contributed by atoms with Crippen LogP contribution in [0.1, 0.15) is 27.0 Å². The lowest BCUT2D eigenvalue weighted by atomic mass is 9.86. The van der Waals surface area contributed by atoms with Gasteiger partial charge in [-0.05, 0) is 17.7 Å². The van der Waals surface area contributed by atoms with Gasteiger partial charge in [0, 0.05) is 42.0 Å². The highest BCUT2D eigenvalue weighted by atomic mass is 16.6. The molecule has 15 nitrogen and oxygen atoms in total. The monoisotopic (exact) mass is 560 g/mol. The van der Waals surface area contributed by atoms with E-state index < -0.39 is 47.5 Å². The van der Waals surface area contributed by atoms with Crippen molar-refractivity contribution < 1.29 is 54.9 Å². The molecule has 3 amide bonds. The van der Waals surface area contributed by atoms with Gasteiger partial charge >= 0.3 is 5.79 Å². The third-order valence-electron chi connectivity index (χ3n) is 7.49. The zero-order valence-electron chi connectivity index (χ0n) is 20.9. The van der Waals surface area contributed by atoms with Gasteiger partial charge in [-0.2, -0.15) is 0 Å². The summed E-state index contributed by atoms with van der Waals surface area (Å²) in [6, 6.07) is 11.0. The Balaban J connectivity index is 1.43. The second kappa shape index (κ2) is 9.55. The van der Waals surface area contributed by atoms with Gasteiger partial charge in [0.15, 0.2) is 0 Å². The standard InChI is InChI=1S/C25H28N4O11/c30-19-15-5-3-7-18(16(15)13-29(19)22(33)20(31)27-21(32)23(34,35)25(22,38)39)26-12-14-4-1-2-6-17(14)24(36,37)28-8-10-40-11-9-28/h1-7,26,33-39H,8-13H2,(H,27,31,32). The Hall–Kier alpha value is -3.51. The predicted molar refractivity (Wildman–Crippen MR) is 131 cm³/mol. The van der Waals surface area contributed by atoms with E-state index in [2.05, 4.69) is 5.32 Å². The fourth-order valence-electron chi connectivity index (χ4n) is 5.15. The number of ether oxygens (including phenoxy) is 1. The molecule has 0 aromatic heterocycles. The second-order valence-electron chi connectivity index (χ2n) is 9.77. The minimum Gasteiger partial charge on any atom is -0.381 e. The number of amides is 3. The number of aliphatic hydroxyl groups is 7. The zero-order chi connectivity index (χ0) is 29.1. The van der Waals surface area contributed by atoms with E-state index in [1.165, 1.54) is 22.3 Å². The van der Waals surface area contributed by atoms with Crippen molar-refractivity contribution in [3.63, 3.8) is 0 Å². The molecule has 40 heavy (non-hydrogen) atoms. The van der Waals surface area contributed by atoms with Gasteiger partial charge < -0.3 is 45.8 Å². The number of hydrogen-bond acceptors (Lipinski definition) is 13. The maximum absolute atomic E-state index is 13.2. The van der Waals surface area contributed by atoms with Crippen LogP contribution >= 0.6 is 0 Å². The van der Waals surface area contributed by atoms with Crippen molar-refractivity contribution in [1.29, 1.82) is 0 Å². The molecule has 3 heterocycles. The molecule has 214 valence electrons. The minimum absolute atomic E-state index is 0.0353. The number of carbonyl (C=O) groups is 3. The van der Waals surface area contributed by atoms with Gasteiger partial charge in [0.05, 0.1) is 19.8 Å². The molecule has 15 heteroatoms. The van der Waals surface area contributed by atoms with Gasteiger partial charge in [-0.15, -0.1) is 0 Å². The molecule has 1 unspecified atom stereocenters. The van der Waals surface area contributed by atoms with E-state index in [0.717, 1.165) is 0 Å². The molecule has 3 aliphatic heterocycles. The lowest BCUT2D eigenvalue weighted by Crippen LogP contribution is -2.85. The fraction of sp³-hybridized carbons (Fsp3) is 0.400. The van der Waals surface area contributed by atoms with Crippen LogP contribution in [-0.2, 0) is 33.3 Å². The van der Waals surface area contributed by atoms with Gasteiger partial charge in [0.25, 0.3) is 35.1 Å². The number of anilines is 1. The normalized spacial score (nSPS) is 24.6. The van der Waals surface area contributed by atoms with E-state index in [1.54, 1.807) is 30.3 Å². The molecule has 0 spiro atoms. The van der Waals surface area contributed by atoms with E-state index in [1.807, 2.05) is 0 Å². The Labute approximate surface area is 226 Å². The van der Waals surface area contributed by atoms with E-state index in [4.69, 9.17) is 4.74 Å². The molecule has 9 N–H and O–H groups in total. The van der Waals surface area contributed by atoms with Crippen molar-refractivity contribution in [2.75, 3.05) is 31.6 Å². The first kappa shape index (κ1) is 28.0. The summed E-state index contributed by atoms with van der Waals surface area (Å²) < 4.78 is 5.29. The first-order chi connectivity index (χ1) is 18.7. The van der Waals surface area contributed by atoms with E-state index in [-0.39, 0.29) is 23.2 Å². The van der Waals surface area contributed by atoms with Crippen molar-refractivity contribution in [1.82, 2.24) is 15.1 Å². The van der Waals surface area contributed by atoms with Crippen LogP contribution in [0.25, 0.3) is 0 Å².